The molecule has 2 aromatic rings. The molecule has 4 nitrogen and oxygen atoms in total. The lowest BCUT2D eigenvalue weighted by atomic mass is 10.1. The summed E-state index contributed by atoms with van der Waals surface area (Å²) >= 11 is 12.1. The SMILES string of the molecule is CCN1CCC[C@@H]1CNCc1cccc(OC)c1OCc1ccc(Cl)c(Cl)c1. The number of methoxy groups -OCH3 is 1. The third-order valence-electron chi connectivity index (χ3n) is 5.25. The molecule has 6 heteroatoms. The van der Waals surface area contributed by atoms with Crippen molar-refractivity contribution in [1.29, 1.82) is 0 Å². The lowest BCUT2D eigenvalue weighted by Crippen LogP contribution is -2.37. The van der Waals surface area contributed by atoms with Crippen LogP contribution in [0.4, 0.5) is 0 Å². The van der Waals surface area contributed by atoms with E-state index in [-0.39, 0.29) is 0 Å². The number of rotatable bonds is 9. The number of hydrogen-bond acceptors (Lipinski definition) is 4. The Morgan fingerprint density at radius 1 is 1.18 bits per heavy atom. The van der Waals surface area contributed by atoms with Crippen molar-refractivity contribution in [3.63, 3.8) is 0 Å². The molecule has 1 aliphatic rings. The highest BCUT2D eigenvalue weighted by molar-refractivity contribution is 6.42. The van der Waals surface area contributed by atoms with Gasteiger partial charge in [0.1, 0.15) is 6.61 Å². The van der Waals surface area contributed by atoms with Crippen LogP contribution in [0.15, 0.2) is 36.4 Å². The topological polar surface area (TPSA) is 33.7 Å². The quantitative estimate of drug-likeness (QED) is 0.605. The summed E-state index contributed by atoms with van der Waals surface area (Å²) in [5.41, 5.74) is 2.05. The van der Waals surface area contributed by atoms with Gasteiger partial charge in [-0.1, -0.05) is 48.3 Å². The van der Waals surface area contributed by atoms with Gasteiger partial charge in [0.2, 0.25) is 0 Å². The molecule has 0 unspecified atom stereocenters. The number of hydrogen-bond donors (Lipinski definition) is 1. The molecule has 1 saturated heterocycles. The van der Waals surface area contributed by atoms with E-state index >= 15 is 0 Å². The van der Waals surface area contributed by atoms with E-state index in [0.29, 0.717) is 22.7 Å². The van der Waals surface area contributed by atoms with Gasteiger partial charge in [-0.2, -0.15) is 0 Å². The molecule has 1 atom stereocenters. The van der Waals surface area contributed by atoms with E-state index in [1.165, 1.54) is 19.4 Å². The molecular weight excluding hydrogens is 395 g/mol. The van der Waals surface area contributed by atoms with Gasteiger partial charge >= 0.3 is 0 Å². The Morgan fingerprint density at radius 2 is 2.04 bits per heavy atom. The first-order valence-corrected chi connectivity index (χ1v) is 10.5. The maximum absolute atomic E-state index is 6.13. The zero-order valence-corrected chi connectivity index (χ0v) is 18.0. The van der Waals surface area contributed by atoms with Crippen molar-refractivity contribution in [3.05, 3.63) is 57.6 Å². The molecule has 0 bridgehead atoms. The summed E-state index contributed by atoms with van der Waals surface area (Å²) in [5.74, 6) is 1.50. The summed E-state index contributed by atoms with van der Waals surface area (Å²) in [4.78, 5) is 2.54. The summed E-state index contributed by atoms with van der Waals surface area (Å²) < 4.78 is 11.7. The number of ether oxygens (including phenoxy) is 2. The third-order valence-corrected chi connectivity index (χ3v) is 5.99. The summed E-state index contributed by atoms with van der Waals surface area (Å²) in [6.45, 7) is 6.68. The van der Waals surface area contributed by atoms with Crippen LogP contribution < -0.4 is 14.8 Å². The highest BCUT2D eigenvalue weighted by atomic mass is 35.5. The van der Waals surface area contributed by atoms with Gasteiger partial charge in [-0.15, -0.1) is 0 Å². The van der Waals surface area contributed by atoms with Crippen molar-refractivity contribution >= 4 is 23.2 Å². The normalized spacial score (nSPS) is 17.1. The molecule has 0 saturated carbocycles. The fourth-order valence-electron chi connectivity index (χ4n) is 3.73. The Morgan fingerprint density at radius 3 is 2.79 bits per heavy atom. The molecular formula is C22H28Cl2N2O2. The molecule has 0 radical (unpaired) electrons. The minimum absolute atomic E-state index is 0.399. The van der Waals surface area contributed by atoms with Crippen molar-refractivity contribution in [3.8, 4) is 11.5 Å². The maximum atomic E-state index is 6.13. The molecule has 28 heavy (non-hydrogen) atoms. The van der Waals surface area contributed by atoms with E-state index in [4.69, 9.17) is 32.7 Å². The van der Waals surface area contributed by atoms with Crippen LogP contribution in [-0.4, -0.2) is 37.7 Å². The molecule has 1 aliphatic heterocycles. The Labute approximate surface area is 177 Å². The van der Waals surface area contributed by atoms with Gasteiger partial charge < -0.3 is 14.8 Å². The standard InChI is InChI=1S/C22H28Cl2N2O2/c1-3-26-11-5-7-18(26)14-25-13-17-6-4-8-21(27-2)22(17)28-15-16-9-10-19(23)20(24)12-16/h4,6,8-10,12,18,25H,3,5,7,11,13-15H2,1-2H3/t18-/m1/s1. The first kappa shape index (κ1) is 21.3. The van der Waals surface area contributed by atoms with Crippen molar-refractivity contribution in [1.82, 2.24) is 10.2 Å². The van der Waals surface area contributed by atoms with Crippen molar-refractivity contribution < 1.29 is 9.47 Å². The first-order chi connectivity index (χ1) is 13.6. The Hall–Kier alpha value is -1.46. The zero-order chi connectivity index (χ0) is 19.9. The van der Waals surface area contributed by atoms with E-state index in [9.17, 15) is 0 Å². The van der Waals surface area contributed by atoms with E-state index in [0.717, 1.165) is 42.3 Å². The van der Waals surface area contributed by atoms with Gasteiger partial charge in [0.15, 0.2) is 11.5 Å². The van der Waals surface area contributed by atoms with Crippen molar-refractivity contribution in [2.45, 2.75) is 39.0 Å². The van der Waals surface area contributed by atoms with Crippen LogP contribution in [0.3, 0.4) is 0 Å². The maximum Gasteiger partial charge on any atom is 0.166 e. The molecule has 1 N–H and O–H groups in total. The monoisotopic (exact) mass is 422 g/mol. The second-order valence-electron chi connectivity index (χ2n) is 7.04. The number of nitrogens with one attached hydrogen (secondary N) is 1. The Balaban J connectivity index is 1.65. The summed E-state index contributed by atoms with van der Waals surface area (Å²) in [7, 11) is 1.66. The number of likely N-dealkylation sites (N-methyl/N-ethyl adjacent to an activating group) is 1. The molecule has 1 heterocycles. The van der Waals surface area contributed by atoms with Crippen LogP contribution in [0.5, 0.6) is 11.5 Å². The van der Waals surface area contributed by atoms with Crippen LogP contribution in [0.1, 0.15) is 30.9 Å². The van der Waals surface area contributed by atoms with Crippen LogP contribution in [0.2, 0.25) is 10.0 Å². The highest BCUT2D eigenvalue weighted by Gasteiger charge is 2.22. The van der Waals surface area contributed by atoms with Gasteiger partial charge in [0.25, 0.3) is 0 Å². The number of para-hydroxylation sites is 1. The lowest BCUT2D eigenvalue weighted by Gasteiger charge is -2.23. The fourth-order valence-corrected chi connectivity index (χ4v) is 4.05. The van der Waals surface area contributed by atoms with Crippen molar-refractivity contribution in [2.24, 2.45) is 0 Å². The van der Waals surface area contributed by atoms with Crippen LogP contribution >= 0.6 is 23.2 Å². The minimum atomic E-state index is 0.399. The molecule has 2 aromatic carbocycles. The zero-order valence-electron chi connectivity index (χ0n) is 16.5. The number of nitrogens with zero attached hydrogens (tertiary/aromatic N) is 1. The van der Waals surface area contributed by atoms with Gasteiger partial charge in [-0.05, 0) is 49.7 Å². The van der Waals surface area contributed by atoms with Gasteiger partial charge in [-0.25, -0.2) is 0 Å². The second kappa shape index (κ2) is 10.4. The highest BCUT2D eigenvalue weighted by Crippen LogP contribution is 2.32. The second-order valence-corrected chi connectivity index (χ2v) is 7.86. The third kappa shape index (κ3) is 5.32. The smallest absolute Gasteiger partial charge is 0.166 e. The fraction of sp³-hybridized carbons (Fsp3) is 0.455. The average Bonchev–Trinajstić information content (AvgIpc) is 3.16. The molecule has 0 aromatic heterocycles. The van der Waals surface area contributed by atoms with Crippen LogP contribution in [0.25, 0.3) is 0 Å². The van der Waals surface area contributed by atoms with Crippen LogP contribution in [-0.2, 0) is 13.2 Å². The molecule has 0 amide bonds. The number of halogens is 2. The number of likely N-dealkylation sites (tertiary alicyclic amines) is 1. The summed E-state index contributed by atoms with van der Waals surface area (Å²) in [5, 5.41) is 4.67. The van der Waals surface area contributed by atoms with Gasteiger partial charge in [-0.3, -0.25) is 4.90 Å². The molecule has 0 aliphatic carbocycles. The molecule has 0 spiro atoms. The van der Waals surface area contributed by atoms with E-state index in [2.05, 4.69) is 23.2 Å². The largest absolute Gasteiger partial charge is 0.493 e. The predicted octanol–water partition coefficient (Wildman–Crippen LogP) is 5.15. The molecule has 3 rings (SSSR count). The lowest BCUT2D eigenvalue weighted by molar-refractivity contribution is 0.258. The average molecular weight is 423 g/mol. The number of benzene rings is 2. The Bertz CT molecular complexity index is 785. The minimum Gasteiger partial charge on any atom is -0.493 e. The summed E-state index contributed by atoms with van der Waals surface area (Å²) in [6, 6.07) is 12.1. The summed E-state index contributed by atoms with van der Waals surface area (Å²) in [6.07, 6.45) is 2.55. The predicted molar refractivity (Wildman–Crippen MR) is 116 cm³/mol. The van der Waals surface area contributed by atoms with Crippen LogP contribution in [0, 0.1) is 0 Å². The van der Waals surface area contributed by atoms with E-state index < -0.39 is 0 Å². The first-order valence-electron chi connectivity index (χ1n) is 9.79. The van der Waals surface area contributed by atoms with E-state index in [1.807, 2.05) is 24.3 Å². The van der Waals surface area contributed by atoms with E-state index in [1.54, 1.807) is 13.2 Å². The van der Waals surface area contributed by atoms with Gasteiger partial charge in [0, 0.05) is 24.7 Å². The molecule has 152 valence electrons. The molecule has 1 fully saturated rings. The Kier molecular flexibility index (Phi) is 7.86. The van der Waals surface area contributed by atoms with Crippen molar-refractivity contribution in [2.75, 3.05) is 26.7 Å². The van der Waals surface area contributed by atoms with Gasteiger partial charge in [0.05, 0.1) is 17.2 Å².